The van der Waals surface area contributed by atoms with Crippen molar-refractivity contribution in [3.05, 3.63) is 29.8 Å². The average Bonchev–Trinajstić information content (AvgIpc) is 2.28. The van der Waals surface area contributed by atoms with Crippen LogP contribution in [0.2, 0.25) is 0 Å². The van der Waals surface area contributed by atoms with Crippen LogP contribution < -0.4 is 10.1 Å². The fraction of sp³-hybridized carbons (Fsp3) is 0.600. The van der Waals surface area contributed by atoms with E-state index in [0.29, 0.717) is 5.92 Å². The molecule has 1 aromatic carbocycles. The van der Waals surface area contributed by atoms with Crippen LogP contribution in [0.3, 0.4) is 0 Å². The second kappa shape index (κ2) is 7.33. The minimum absolute atomic E-state index is 0.236. The van der Waals surface area contributed by atoms with Crippen molar-refractivity contribution >= 4 is 0 Å². The molecule has 17 heavy (non-hydrogen) atoms. The lowest BCUT2D eigenvalue weighted by Gasteiger charge is -2.17. The molecule has 0 bridgehead atoms. The van der Waals surface area contributed by atoms with Gasteiger partial charge in [-0.25, -0.2) is 0 Å². The molecule has 0 radical (unpaired) electrons. The largest absolute Gasteiger partial charge is 0.491 e. The van der Waals surface area contributed by atoms with Crippen LogP contribution >= 0.6 is 0 Å². The number of para-hydroxylation sites is 1. The number of hydrogen-bond donors (Lipinski definition) is 1. The fourth-order valence-electron chi connectivity index (χ4n) is 1.88. The van der Waals surface area contributed by atoms with Gasteiger partial charge in [0.15, 0.2) is 0 Å². The van der Waals surface area contributed by atoms with Crippen LogP contribution in [0.5, 0.6) is 5.75 Å². The van der Waals surface area contributed by atoms with E-state index in [1.165, 1.54) is 5.56 Å². The van der Waals surface area contributed by atoms with Gasteiger partial charge in [0.1, 0.15) is 5.75 Å². The molecule has 1 aromatic rings. The van der Waals surface area contributed by atoms with Crippen LogP contribution in [-0.4, -0.2) is 19.2 Å². The average molecular weight is 235 g/mol. The van der Waals surface area contributed by atoms with Crippen molar-refractivity contribution in [1.29, 1.82) is 0 Å². The van der Waals surface area contributed by atoms with Crippen molar-refractivity contribution in [2.24, 2.45) is 5.92 Å². The summed E-state index contributed by atoms with van der Waals surface area (Å²) in [6.45, 7) is 10.6. The van der Waals surface area contributed by atoms with E-state index in [2.05, 4.69) is 51.2 Å². The van der Waals surface area contributed by atoms with Crippen LogP contribution in [0.25, 0.3) is 0 Å². The SMILES string of the molecule is CCNCC(C)Cc1ccccc1OC(C)C. The molecule has 0 saturated heterocycles. The van der Waals surface area contributed by atoms with Crippen molar-refractivity contribution in [1.82, 2.24) is 5.32 Å². The van der Waals surface area contributed by atoms with Gasteiger partial charge in [0, 0.05) is 0 Å². The Labute approximate surface area is 105 Å². The van der Waals surface area contributed by atoms with Gasteiger partial charge in [0.2, 0.25) is 0 Å². The monoisotopic (exact) mass is 235 g/mol. The Kier molecular flexibility index (Phi) is 6.06. The number of rotatable bonds is 7. The Hall–Kier alpha value is -1.02. The first-order valence-electron chi connectivity index (χ1n) is 6.58. The topological polar surface area (TPSA) is 21.3 Å². The number of benzene rings is 1. The Bertz CT molecular complexity index is 322. The zero-order valence-corrected chi connectivity index (χ0v) is 11.5. The third-order valence-electron chi connectivity index (χ3n) is 2.65. The number of nitrogens with one attached hydrogen (secondary N) is 1. The molecule has 1 rings (SSSR count). The molecule has 0 fully saturated rings. The fourth-order valence-corrected chi connectivity index (χ4v) is 1.88. The van der Waals surface area contributed by atoms with E-state index in [0.717, 1.165) is 25.3 Å². The first kappa shape index (κ1) is 14.0. The first-order valence-corrected chi connectivity index (χ1v) is 6.58. The summed E-state index contributed by atoms with van der Waals surface area (Å²) in [7, 11) is 0. The molecule has 0 aliphatic carbocycles. The van der Waals surface area contributed by atoms with E-state index in [1.807, 2.05) is 6.07 Å². The normalized spacial score (nSPS) is 12.8. The van der Waals surface area contributed by atoms with Gasteiger partial charge in [0.25, 0.3) is 0 Å². The molecular formula is C15H25NO. The van der Waals surface area contributed by atoms with Gasteiger partial charge in [-0.05, 0) is 50.9 Å². The molecular weight excluding hydrogens is 210 g/mol. The van der Waals surface area contributed by atoms with Crippen molar-refractivity contribution in [3.8, 4) is 5.75 Å². The van der Waals surface area contributed by atoms with Crippen molar-refractivity contribution < 1.29 is 4.74 Å². The minimum Gasteiger partial charge on any atom is -0.491 e. The quantitative estimate of drug-likeness (QED) is 0.783. The maximum atomic E-state index is 5.83. The van der Waals surface area contributed by atoms with Gasteiger partial charge in [-0.2, -0.15) is 0 Å². The molecule has 1 N–H and O–H groups in total. The molecule has 0 saturated carbocycles. The summed E-state index contributed by atoms with van der Waals surface area (Å²) in [5.41, 5.74) is 1.31. The zero-order valence-electron chi connectivity index (χ0n) is 11.5. The zero-order chi connectivity index (χ0) is 12.7. The highest BCUT2D eigenvalue weighted by molar-refractivity contribution is 5.33. The third kappa shape index (κ3) is 5.22. The van der Waals surface area contributed by atoms with E-state index >= 15 is 0 Å². The summed E-state index contributed by atoms with van der Waals surface area (Å²) < 4.78 is 5.83. The van der Waals surface area contributed by atoms with E-state index in [9.17, 15) is 0 Å². The second-order valence-electron chi connectivity index (χ2n) is 4.89. The number of hydrogen-bond acceptors (Lipinski definition) is 2. The summed E-state index contributed by atoms with van der Waals surface area (Å²) in [6, 6.07) is 8.36. The Morgan fingerprint density at radius 2 is 1.88 bits per heavy atom. The van der Waals surface area contributed by atoms with Crippen LogP contribution in [0, 0.1) is 5.92 Å². The van der Waals surface area contributed by atoms with Crippen LogP contribution in [0.1, 0.15) is 33.3 Å². The molecule has 0 aliphatic rings. The molecule has 1 atom stereocenters. The number of ether oxygens (including phenoxy) is 1. The predicted molar refractivity (Wildman–Crippen MR) is 73.6 cm³/mol. The summed E-state index contributed by atoms with van der Waals surface area (Å²) in [5.74, 6) is 1.66. The molecule has 2 nitrogen and oxygen atoms in total. The van der Waals surface area contributed by atoms with Crippen LogP contribution in [0.4, 0.5) is 0 Å². The highest BCUT2D eigenvalue weighted by Gasteiger charge is 2.09. The Morgan fingerprint density at radius 3 is 2.53 bits per heavy atom. The summed E-state index contributed by atoms with van der Waals surface area (Å²) in [6.07, 6.45) is 1.30. The smallest absolute Gasteiger partial charge is 0.122 e. The molecule has 0 heterocycles. The molecule has 0 aromatic heterocycles. The van der Waals surface area contributed by atoms with Crippen LogP contribution in [0.15, 0.2) is 24.3 Å². The summed E-state index contributed by atoms with van der Waals surface area (Å²) >= 11 is 0. The standard InChI is InChI=1S/C15H25NO/c1-5-16-11-13(4)10-14-8-6-7-9-15(14)17-12(2)3/h6-9,12-13,16H,5,10-11H2,1-4H3. The van der Waals surface area contributed by atoms with E-state index < -0.39 is 0 Å². The molecule has 0 spiro atoms. The van der Waals surface area contributed by atoms with Gasteiger partial charge in [0.05, 0.1) is 6.10 Å². The summed E-state index contributed by atoms with van der Waals surface area (Å²) in [4.78, 5) is 0. The van der Waals surface area contributed by atoms with Gasteiger partial charge in [-0.3, -0.25) is 0 Å². The van der Waals surface area contributed by atoms with Crippen molar-refractivity contribution in [2.45, 2.75) is 40.2 Å². The van der Waals surface area contributed by atoms with Crippen molar-refractivity contribution in [3.63, 3.8) is 0 Å². The van der Waals surface area contributed by atoms with Gasteiger partial charge >= 0.3 is 0 Å². The maximum Gasteiger partial charge on any atom is 0.122 e. The Balaban J connectivity index is 2.62. The van der Waals surface area contributed by atoms with E-state index in [1.54, 1.807) is 0 Å². The molecule has 0 aliphatic heterocycles. The van der Waals surface area contributed by atoms with Gasteiger partial charge < -0.3 is 10.1 Å². The lowest BCUT2D eigenvalue weighted by atomic mass is 10.0. The van der Waals surface area contributed by atoms with Crippen molar-refractivity contribution in [2.75, 3.05) is 13.1 Å². The molecule has 1 unspecified atom stereocenters. The second-order valence-corrected chi connectivity index (χ2v) is 4.89. The van der Waals surface area contributed by atoms with E-state index in [-0.39, 0.29) is 6.10 Å². The van der Waals surface area contributed by atoms with Gasteiger partial charge in [-0.1, -0.05) is 32.0 Å². The van der Waals surface area contributed by atoms with Gasteiger partial charge in [-0.15, -0.1) is 0 Å². The van der Waals surface area contributed by atoms with E-state index in [4.69, 9.17) is 4.74 Å². The van der Waals surface area contributed by atoms with Crippen LogP contribution in [-0.2, 0) is 6.42 Å². The lowest BCUT2D eigenvalue weighted by Crippen LogP contribution is -2.22. The highest BCUT2D eigenvalue weighted by atomic mass is 16.5. The maximum absolute atomic E-state index is 5.83. The summed E-state index contributed by atoms with van der Waals surface area (Å²) in [5, 5.41) is 3.39. The lowest BCUT2D eigenvalue weighted by molar-refractivity contribution is 0.239. The molecule has 0 amide bonds. The third-order valence-corrected chi connectivity index (χ3v) is 2.65. The highest BCUT2D eigenvalue weighted by Crippen LogP contribution is 2.22. The Morgan fingerprint density at radius 1 is 1.18 bits per heavy atom. The first-order chi connectivity index (χ1) is 8.13. The molecule has 96 valence electrons. The molecule has 2 heteroatoms. The minimum atomic E-state index is 0.236. The predicted octanol–water partition coefficient (Wildman–Crippen LogP) is 3.26.